The second-order valence-electron chi connectivity index (χ2n) is 3.99. The number of hydrogen-bond acceptors (Lipinski definition) is 1. The van der Waals surface area contributed by atoms with Gasteiger partial charge in [0.15, 0.2) is 0 Å². The third kappa shape index (κ3) is 2.15. The van der Waals surface area contributed by atoms with Gasteiger partial charge in [0.05, 0.1) is 0 Å². The third-order valence-corrected chi connectivity index (χ3v) is 2.90. The van der Waals surface area contributed by atoms with Crippen molar-refractivity contribution in [1.82, 2.24) is 5.32 Å². The van der Waals surface area contributed by atoms with Crippen LogP contribution in [0, 0.1) is 6.92 Å². The van der Waals surface area contributed by atoms with Gasteiger partial charge in [-0.1, -0.05) is 48.5 Å². The van der Waals surface area contributed by atoms with Gasteiger partial charge >= 0.3 is 0 Å². The van der Waals surface area contributed by atoms with E-state index in [0.717, 1.165) is 6.54 Å². The molecule has 0 unspecified atom stereocenters. The van der Waals surface area contributed by atoms with Gasteiger partial charge in [-0.3, -0.25) is 0 Å². The molecule has 2 rings (SSSR count). The van der Waals surface area contributed by atoms with Crippen LogP contribution in [0.1, 0.15) is 11.1 Å². The Bertz CT molecular complexity index is 460. The molecule has 0 atom stereocenters. The molecule has 0 radical (unpaired) electrons. The standard InChI is InChI=1S/C15H17N/c1-12-14(11-16-2)9-6-10-15(12)13-7-4-3-5-8-13/h3-10,16H,11H2,1-2H3. The molecule has 0 saturated carbocycles. The van der Waals surface area contributed by atoms with Crippen LogP contribution < -0.4 is 5.32 Å². The maximum Gasteiger partial charge on any atom is 0.0205 e. The summed E-state index contributed by atoms with van der Waals surface area (Å²) in [6, 6.07) is 17.0. The average Bonchev–Trinajstić information content (AvgIpc) is 2.33. The molecule has 16 heavy (non-hydrogen) atoms. The summed E-state index contributed by atoms with van der Waals surface area (Å²) in [6.45, 7) is 3.11. The molecule has 1 nitrogen and oxygen atoms in total. The molecule has 0 fully saturated rings. The summed E-state index contributed by atoms with van der Waals surface area (Å²) < 4.78 is 0. The zero-order valence-electron chi connectivity index (χ0n) is 9.83. The van der Waals surface area contributed by atoms with Crippen molar-refractivity contribution in [3.63, 3.8) is 0 Å². The van der Waals surface area contributed by atoms with Gasteiger partial charge in [-0.25, -0.2) is 0 Å². The highest BCUT2D eigenvalue weighted by molar-refractivity contribution is 5.68. The molecule has 0 amide bonds. The third-order valence-electron chi connectivity index (χ3n) is 2.90. The first-order chi connectivity index (χ1) is 7.83. The van der Waals surface area contributed by atoms with Crippen LogP contribution in [0.2, 0.25) is 0 Å². The molecule has 0 aliphatic carbocycles. The lowest BCUT2D eigenvalue weighted by Crippen LogP contribution is -2.06. The molecule has 82 valence electrons. The van der Waals surface area contributed by atoms with E-state index in [9.17, 15) is 0 Å². The molecule has 0 aliphatic rings. The van der Waals surface area contributed by atoms with E-state index in [-0.39, 0.29) is 0 Å². The molecular formula is C15H17N. The fraction of sp³-hybridized carbons (Fsp3) is 0.200. The highest BCUT2D eigenvalue weighted by atomic mass is 14.8. The second-order valence-corrected chi connectivity index (χ2v) is 3.99. The summed E-state index contributed by atoms with van der Waals surface area (Å²) in [5, 5.41) is 3.20. The number of rotatable bonds is 3. The Morgan fingerprint density at radius 3 is 2.38 bits per heavy atom. The predicted octanol–water partition coefficient (Wildman–Crippen LogP) is 3.38. The fourth-order valence-electron chi connectivity index (χ4n) is 2.00. The summed E-state index contributed by atoms with van der Waals surface area (Å²) >= 11 is 0. The van der Waals surface area contributed by atoms with Gasteiger partial charge in [0.2, 0.25) is 0 Å². The molecule has 2 aromatic carbocycles. The van der Waals surface area contributed by atoms with Crippen LogP contribution in [0.3, 0.4) is 0 Å². The summed E-state index contributed by atoms with van der Waals surface area (Å²) in [7, 11) is 1.98. The van der Waals surface area contributed by atoms with Crippen molar-refractivity contribution in [2.24, 2.45) is 0 Å². The molecule has 1 N–H and O–H groups in total. The van der Waals surface area contributed by atoms with Gasteiger partial charge in [0.1, 0.15) is 0 Å². The van der Waals surface area contributed by atoms with Crippen LogP contribution in [-0.2, 0) is 6.54 Å². The molecule has 0 saturated heterocycles. The van der Waals surface area contributed by atoms with Crippen LogP contribution in [0.4, 0.5) is 0 Å². The minimum absolute atomic E-state index is 0.923. The lowest BCUT2D eigenvalue weighted by molar-refractivity contribution is 0.812. The lowest BCUT2D eigenvalue weighted by atomic mass is 9.96. The maximum atomic E-state index is 3.20. The SMILES string of the molecule is CNCc1cccc(-c2ccccc2)c1C. The first-order valence-corrected chi connectivity index (χ1v) is 5.61. The Morgan fingerprint density at radius 1 is 0.938 bits per heavy atom. The normalized spacial score (nSPS) is 10.4. The highest BCUT2D eigenvalue weighted by Crippen LogP contribution is 2.25. The van der Waals surface area contributed by atoms with Crippen molar-refractivity contribution in [1.29, 1.82) is 0 Å². The van der Waals surface area contributed by atoms with E-state index in [2.05, 4.69) is 60.8 Å². The zero-order valence-corrected chi connectivity index (χ0v) is 9.83. The topological polar surface area (TPSA) is 12.0 Å². The summed E-state index contributed by atoms with van der Waals surface area (Å²) in [5.74, 6) is 0. The minimum atomic E-state index is 0.923. The summed E-state index contributed by atoms with van der Waals surface area (Å²) in [4.78, 5) is 0. The smallest absolute Gasteiger partial charge is 0.0205 e. The van der Waals surface area contributed by atoms with Gasteiger partial charge < -0.3 is 5.32 Å². The zero-order chi connectivity index (χ0) is 11.4. The van der Waals surface area contributed by atoms with Crippen molar-refractivity contribution in [2.75, 3.05) is 7.05 Å². The minimum Gasteiger partial charge on any atom is -0.316 e. The lowest BCUT2D eigenvalue weighted by Gasteiger charge is -2.11. The number of benzene rings is 2. The van der Waals surface area contributed by atoms with Crippen molar-refractivity contribution < 1.29 is 0 Å². The Morgan fingerprint density at radius 2 is 1.69 bits per heavy atom. The van der Waals surface area contributed by atoms with Crippen LogP contribution in [0.25, 0.3) is 11.1 Å². The Hall–Kier alpha value is -1.60. The van der Waals surface area contributed by atoms with Crippen LogP contribution in [0.5, 0.6) is 0 Å². The van der Waals surface area contributed by atoms with Crippen LogP contribution in [0.15, 0.2) is 48.5 Å². The van der Waals surface area contributed by atoms with Crippen molar-refractivity contribution >= 4 is 0 Å². The van der Waals surface area contributed by atoms with E-state index in [4.69, 9.17) is 0 Å². The van der Waals surface area contributed by atoms with Crippen molar-refractivity contribution in [3.8, 4) is 11.1 Å². The molecular weight excluding hydrogens is 194 g/mol. The monoisotopic (exact) mass is 211 g/mol. The van der Waals surface area contributed by atoms with Crippen LogP contribution >= 0.6 is 0 Å². The predicted molar refractivity (Wildman–Crippen MR) is 69.4 cm³/mol. The molecule has 1 heteroatoms. The quantitative estimate of drug-likeness (QED) is 0.820. The average molecular weight is 211 g/mol. The van der Waals surface area contributed by atoms with E-state index in [1.54, 1.807) is 0 Å². The number of nitrogens with one attached hydrogen (secondary N) is 1. The summed E-state index contributed by atoms with van der Waals surface area (Å²) in [6.07, 6.45) is 0. The second kappa shape index (κ2) is 4.95. The maximum absolute atomic E-state index is 3.20. The number of hydrogen-bond donors (Lipinski definition) is 1. The van der Waals surface area contributed by atoms with Crippen LogP contribution in [-0.4, -0.2) is 7.05 Å². The van der Waals surface area contributed by atoms with E-state index < -0.39 is 0 Å². The fourth-order valence-corrected chi connectivity index (χ4v) is 2.00. The van der Waals surface area contributed by atoms with Crippen molar-refractivity contribution in [2.45, 2.75) is 13.5 Å². The van der Waals surface area contributed by atoms with E-state index in [1.807, 2.05) is 7.05 Å². The first-order valence-electron chi connectivity index (χ1n) is 5.61. The molecule has 2 aromatic rings. The Kier molecular flexibility index (Phi) is 3.37. The largest absolute Gasteiger partial charge is 0.316 e. The Balaban J connectivity index is 2.46. The highest BCUT2D eigenvalue weighted by Gasteiger charge is 2.04. The van der Waals surface area contributed by atoms with Gasteiger partial charge in [-0.2, -0.15) is 0 Å². The molecule has 0 aliphatic heterocycles. The van der Waals surface area contributed by atoms with E-state index in [0.29, 0.717) is 0 Å². The van der Waals surface area contributed by atoms with E-state index >= 15 is 0 Å². The first kappa shape index (κ1) is 10.9. The molecule has 0 heterocycles. The molecule has 0 bridgehead atoms. The summed E-state index contributed by atoms with van der Waals surface area (Å²) in [5.41, 5.74) is 5.35. The molecule has 0 aromatic heterocycles. The molecule has 0 spiro atoms. The van der Waals surface area contributed by atoms with Gasteiger partial charge in [-0.05, 0) is 36.2 Å². The van der Waals surface area contributed by atoms with E-state index in [1.165, 1.54) is 22.3 Å². The Labute approximate surface area is 97.1 Å². The van der Waals surface area contributed by atoms with Crippen molar-refractivity contribution in [3.05, 3.63) is 59.7 Å². The van der Waals surface area contributed by atoms with Gasteiger partial charge in [0.25, 0.3) is 0 Å². The van der Waals surface area contributed by atoms with Gasteiger partial charge in [0, 0.05) is 6.54 Å². The van der Waals surface area contributed by atoms with Gasteiger partial charge in [-0.15, -0.1) is 0 Å².